The molecule has 0 aliphatic rings. The van der Waals surface area contributed by atoms with E-state index in [1.54, 1.807) is 55.5 Å². The van der Waals surface area contributed by atoms with Crippen molar-refractivity contribution in [2.45, 2.75) is 31.5 Å². The Balaban J connectivity index is 1.42. The van der Waals surface area contributed by atoms with Gasteiger partial charge in [0, 0.05) is 48.1 Å². The predicted octanol–water partition coefficient (Wildman–Crippen LogP) is 4.87. The van der Waals surface area contributed by atoms with Gasteiger partial charge in [-0.3, -0.25) is 4.90 Å². The van der Waals surface area contributed by atoms with E-state index in [-0.39, 0.29) is 30.9 Å². The van der Waals surface area contributed by atoms with E-state index in [2.05, 4.69) is 16.2 Å². The van der Waals surface area contributed by atoms with Gasteiger partial charge in [-0.25, -0.2) is 28.2 Å². The lowest BCUT2D eigenvalue weighted by molar-refractivity contribution is -0.148. The van der Waals surface area contributed by atoms with Crippen LogP contribution >= 0.6 is 11.3 Å². The molecule has 2 atom stereocenters. The van der Waals surface area contributed by atoms with Crippen molar-refractivity contribution in [1.29, 1.82) is 5.26 Å². The lowest BCUT2D eigenvalue weighted by atomic mass is 9.81. The summed E-state index contributed by atoms with van der Waals surface area (Å²) >= 11 is 1.32. The molecule has 0 unspecified atom stereocenters. The van der Waals surface area contributed by atoms with Crippen LogP contribution in [0.5, 0.6) is 0 Å². The number of hydrogen-bond acceptors (Lipinski definition) is 11. The normalized spacial score (nSPS) is 13.2. The molecule has 254 valence electrons. The Morgan fingerprint density at radius 1 is 1.08 bits per heavy atom. The molecule has 0 saturated heterocycles. The molecule has 5 aromatic rings. The summed E-state index contributed by atoms with van der Waals surface area (Å²) in [5, 5.41) is 34.3. The number of aliphatic hydroxyl groups is 2. The zero-order chi connectivity index (χ0) is 34.8. The number of hydrogen-bond donors (Lipinski definition) is 2. The zero-order valence-corrected chi connectivity index (χ0v) is 27.4. The van der Waals surface area contributed by atoms with Gasteiger partial charge >= 0.3 is 5.97 Å². The molecule has 5 rings (SSSR count). The van der Waals surface area contributed by atoms with Crippen LogP contribution in [0.25, 0.3) is 11.3 Å². The average Bonchev–Trinajstić information content (AvgIpc) is 3.81. The summed E-state index contributed by atoms with van der Waals surface area (Å²) in [6, 6.07) is 18.9. The number of rotatable bonds is 16. The van der Waals surface area contributed by atoms with Gasteiger partial charge in [0.15, 0.2) is 6.79 Å². The highest BCUT2D eigenvalue weighted by molar-refractivity contribution is 7.10. The molecule has 0 radical (unpaired) electrons. The second-order valence-electron chi connectivity index (χ2n) is 11.2. The smallest absolute Gasteiger partial charge is 0.340 e. The van der Waals surface area contributed by atoms with Gasteiger partial charge in [0.2, 0.25) is 0 Å². The molecule has 2 N–H and O–H groups in total. The number of nitriles is 1. The maximum Gasteiger partial charge on any atom is 0.340 e. The fraction of sp³-hybridized carbons (Fsp3) is 0.286. The molecule has 0 bridgehead atoms. The van der Waals surface area contributed by atoms with Crippen LogP contribution in [0.2, 0.25) is 0 Å². The van der Waals surface area contributed by atoms with Crippen molar-refractivity contribution in [2.75, 3.05) is 33.1 Å². The quantitative estimate of drug-likeness (QED) is 0.109. The summed E-state index contributed by atoms with van der Waals surface area (Å²) in [7, 11) is 0. The third-order valence-electron chi connectivity index (χ3n) is 8.09. The lowest BCUT2D eigenvalue weighted by Crippen LogP contribution is -2.42. The third-order valence-corrected chi connectivity index (χ3v) is 9.11. The molecule has 49 heavy (non-hydrogen) atoms. The van der Waals surface area contributed by atoms with E-state index in [4.69, 9.17) is 14.5 Å². The number of thiazole rings is 1. The summed E-state index contributed by atoms with van der Waals surface area (Å²) in [4.78, 5) is 23.8. The zero-order valence-electron chi connectivity index (χ0n) is 26.6. The Morgan fingerprint density at radius 2 is 1.82 bits per heavy atom. The molecule has 0 aliphatic heterocycles. The van der Waals surface area contributed by atoms with Crippen LogP contribution in [0, 0.1) is 23.0 Å². The van der Waals surface area contributed by atoms with Gasteiger partial charge in [0.05, 0.1) is 47.7 Å². The Hall–Kier alpha value is -4.91. The topological polar surface area (TPSA) is 147 Å². The molecule has 3 aromatic carbocycles. The summed E-state index contributed by atoms with van der Waals surface area (Å²) in [6.07, 6.45) is 2.76. The summed E-state index contributed by atoms with van der Waals surface area (Å²) < 4.78 is 43.3. The minimum Gasteiger partial charge on any atom is -0.435 e. The largest absolute Gasteiger partial charge is 0.435 e. The molecule has 14 heteroatoms. The van der Waals surface area contributed by atoms with Crippen molar-refractivity contribution in [2.24, 2.45) is 0 Å². The first kappa shape index (κ1) is 35.4. The van der Waals surface area contributed by atoms with Gasteiger partial charge in [0.25, 0.3) is 0 Å². The van der Waals surface area contributed by atoms with Crippen molar-refractivity contribution >= 4 is 17.3 Å². The number of halogens is 2. The van der Waals surface area contributed by atoms with E-state index < -0.39 is 35.9 Å². The second-order valence-corrected chi connectivity index (χ2v) is 12.1. The van der Waals surface area contributed by atoms with Gasteiger partial charge in [-0.15, -0.1) is 11.3 Å². The highest BCUT2D eigenvalue weighted by atomic mass is 32.1. The molecule has 11 nitrogen and oxygen atoms in total. The average molecular weight is 689 g/mol. The van der Waals surface area contributed by atoms with Gasteiger partial charge in [0.1, 0.15) is 29.9 Å². The Kier molecular flexibility index (Phi) is 11.9. The molecule has 0 amide bonds. The summed E-state index contributed by atoms with van der Waals surface area (Å²) in [5.74, 6) is -3.01. The first-order valence-electron chi connectivity index (χ1n) is 15.3. The van der Waals surface area contributed by atoms with Crippen molar-refractivity contribution in [3.63, 3.8) is 0 Å². The molecular weight excluding hydrogens is 654 g/mol. The van der Waals surface area contributed by atoms with Gasteiger partial charge in [-0.1, -0.05) is 37.3 Å². The molecule has 0 fully saturated rings. The van der Waals surface area contributed by atoms with E-state index >= 15 is 4.39 Å². The molecule has 2 heterocycles. The molecular formula is C35H34F2N6O5S. The SMILES string of the molecule is C[C@@H](c1nc(-c2ccc(C#N)cc2)cs1)[C@@](Cn1cncn1)(OCOC(=O)c1ccc(CN(CCO)CCO)cc1)c1ccc(F)cc1F. The number of carbonyl (C=O) groups excluding carboxylic acids is 1. The molecule has 2 aromatic heterocycles. The molecule has 0 saturated carbocycles. The van der Waals surface area contributed by atoms with Crippen LogP contribution in [0.3, 0.4) is 0 Å². The Labute approximate surface area is 285 Å². The van der Waals surface area contributed by atoms with Crippen LogP contribution in [0.4, 0.5) is 8.78 Å². The number of nitrogens with zero attached hydrogens (tertiary/aromatic N) is 6. The fourth-order valence-electron chi connectivity index (χ4n) is 5.45. The Morgan fingerprint density at radius 3 is 2.45 bits per heavy atom. The fourth-order valence-corrected chi connectivity index (χ4v) is 6.42. The lowest BCUT2D eigenvalue weighted by Gasteiger charge is -2.38. The van der Waals surface area contributed by atoms with E-state index in [0.29, 0.717) is 35.9 Å². The van der Waals surface area contributed by atoms with E-state index in [9.17, 15) is 24.7 Å². The number of benzene rings is 3. The van der Waals surface area contributed by atoms with Crippen LogP contribution in [0.1, 0.15) is 44.9 Å². The highest BCUT2D eigenvalue weighted by Gasteiger charge is 2.45. The number of esters is 1. The minimum absolute atomic E-state index is 0.00253. The van der Waals surface area contributed by atoms with Crippen LogP contribution in [-0.2, 0) is 28.2 Å². The third kappa shape index (κ3) is 8.58. The number of carbonyl (C=O) groups is 1. The van der Waals surface area contributed by atoms with Crippen LogP contribution < -0.4 is 0 Å². The summed E-state index contributed by atoms with van der Waals surface area (Å²) in [5.41, 5.74) is 1.42. The van der Waals surface area contributed by atoms with E-state index in [1.165, 1.54) is 34.7 Å². The predicted molar refractivity (Wildman–Crippen MR) is 176 cm³/mol. The number of ether oxygens (including phenoxy) is 2. The first-order chi connectivity index (χ1) is 23.8. The number of aliphatic hydroxyl groups excluding tert-OH is 2. The van der Waals surface area contributed by atoms with Gasteiger partial charge in [-0.2, -0.15) is 10.4 Å². The van der Waals surface area contributed by atoms with Crippen molar-refractivity contribution in [3.05, 3.63) is 124 Å². The minimum atomic E-state index is -1.61. The van der Waals surface area contributed by atoms with Crippen LogP contribution in [0.15, 0.2) is 84.8 Å². The van der Waals surface area contributed by atoms with E-state index in [1.807, 2.05) is 10.3 Å². The van der Waals surface area contributed by atoms with E-state index in [0.717, 1.165) is 23.3 Å². The summed E-state index contributed by atoms with van der Waals surface area (Å²) in [6.45, 7) is 2.26. The van der Waals surface area contributed by atoms with Crippen molar-refractivity contribution in [3.8, 4) is 17.3 Å². The second kappa shape index (κ2) is 16.5. The first-order valence-corrected chi connectivity index (χ1v) is 16.2. The van der Waals surface area contributed by atoms with Crippen molar-refractivity contribution in [1.82, 2.24) is 24.6 Å². The molecule has 0 aliphatic carbocycles. The highest BCUT2D eigenvalue weighted by Crippen LogP contribution is 2.44. The maximum absolute atomic E-state index is 15.7. The van der Waals surface area contributed by atoms with Crippen molar-refractivity contribution < 1.29 is 33.3 Å². The Bertz CT molecular complexity index is 1860. The standard InChI is InChI=1S/C35H34F2N6O5S/c1-24(33-41-32(19-49-33)27-6-2-25(17-38)3-7-27)35(20-43-22-39-21-40-43,30-11-10-29(36)16-31(30)37)48-23-47-34(46)28-8-4-26(5-9-28)18-42(12-14-44)13-15-45/h2-11,16,19,21-22,24,44-45H,12-15,18,20,23H2,1H3/t24-,35+/m0/s1. The maximum atomic E-state index is 15.7. The van der Waals surface area contributed by atoms with Gasteiger partial charge < -0.3 is 19.7 Å². The molecule has 0 spiro atoms. The monoisotopic (exact) mass is 688 g/mol. The van der Waals surface area contributed by atoms with Gasteiger partial charge in [-0.05, 0) is 35.9 Å². The van der Waals surface area contributed by atoms with Crippen LogP contribution in [-0.4, -0.2) is 73.9 Å². The number of aromatic nitrogens is 4.